The zero-order valence-corrected chi connectivity index (χ0v) is 27.8. The van der Waals surface area contributed by atoms with Crippen molar-refractivity contribution in [3.63, 3.8) is 0 Å². The van der Waals surface area contributed by atoms with Gasteiger partial charge >= 0.3 is 0 Å². The first-order chi connectivity index (χ1) is 23.5. The molecule has 0 unspecified atom stereocenters. The maximum absolute atomic E-state index is 12.1. The van der Waals surface area contributed by atoms with Crippen LogP contribution in [0.2, 0.25) is 0 Å². The van der Waals surface area contributed by atoms with Crippen molar-refractivity contribution in [3.05, 3.63) is 107 Å². The van der Waals surface area contributed by atoms with Crippen molar-refractivity contribution in [2.75, 3.05) is 17.2 Å². The van der Waals surface area contributed by atoms with Crippen molar-refractivity contribution < 1.29 is 33.5 Å². The lowest BCUT2D eigenvalue weighted by atomic mass is 9.97. The minimum atomic E-state index is -0.118. The molecule has 2 heterocycles. The summed E-state index contributed by atoms with van der Waals surface area (Å²) >= 11 is 0. The number of aryl methyl sites for hydroxylation is 1. The number of Topliss-reactive ketones (excluding diaryl/α,β-unsaturated/α-hetero) is 4. The largest absolute Gasteiger partial charge is 0.350 e. The molecule has 11 nitrogen and oxygen atoms in total. The van der Waals surface area contributed by atoms with Gasteiger partial charge < -0.3 is 20.9 Å². The van der Waals surface area contributed by atoms with Crippen LogP contribution in [0.3, 0.4) is 0 Å². The van der Waals surface area contributed by atoms with Crippen molar-refractivity contribution >= 4 is 46.3 Å². The van der Waals surface area contributed by atoms with E-state index in [0.717, 1.165) is 48.3 Å². The second-order valence-electron chi connectivity index (χ2n) is 11.8. The van der Waals surface area contributed by atoms with Crippen LogP contribution < -0.4 is 16.4 Å². The number of ketones is 4. The van der Waals surface area contributed by atoms with Gasteiger partial charge in [-0.2, -0.15) is 0 Å². The normalized spacial score (nSPS) is 14.1. The summed E-state index contributed by atoms with van der Waals surface area (Å²) in [5, 5.41) is 5.51. The minimum absolute atomic E-state index is 0.000180. The first kappa shape index (κ1) is 36.3. The standard InChI is InChI=1S/C19H20N2O3.C11H14N2O2.C8H7O2/c1-13(22)14-5-7-15(8-6-14)20-19(24)10-12-21-11-9-16-17(21)3-2-4-18(16)23;1-8(14)9-2-4-10(5-3-9)13-11(15)6-7-12;9-7-2-1-3-8-6(7)4-5-10-8/h5-9,11H,2-4,10,12H2,1H3,(H,20,24);2-5H,6-7,12H2,1H3,(H,13,15);4H,1-3H2/q;;+1. The number of anilines is 2. The molecule has 0 saturated carbocycles. The Morgan fingerprint density at radius 1 is 0.755 bits per heavy atom. The summed E-state index contributed by atoms with van der Waals surface area (Å²) in [6, 6.07) is 15.5. The monoisotopic (exact) mass is 665 g/mol. The Kier molecular flexibility index (Phi) is 13.0. The van der Waals surface area contributed by atoms with Crippen LogP contribution in [0.15, 0.2) is 78.2 Å². The molecule has 6 rings (SSSR count). The predicted molar refractivity (Wildman–Crippen MR) is 185 cm³/mol. The van der Waals surface area contributed by atoms with E-state index < -0.39 is 0 Å². The van der Waals surface area contributed by atoms with Gasteiger partial charge in [0.1, 0.15) is 0 Å². The Morgan fingerprint density at radius 2 is 1.31 bits per heavy atom. The SMILES string of the molecule is CC(=O)c1ccc(NC(=O)CCN)cc1.CC(=O)c1ccc(NC(=O)CCn2ccc3c2CCCC3=O)cc1.O=C1CCCC2=C1C=[C+]O2. The van der Waals surface area contributed by atoms with E-state index in [2.05, 4.69) is 16.9 Å². The number of carbonyl (C=O) groups excluding carboxylic acids is 6. The quantitative estimate of drug-likeness (QED) is 0.192. The van der Waals surface area contributed by atoms with Gasteiger partial charge in [0.2, 0.25) is 29.4 Å². The van der Waals surface area contributed by atoms with Crippen LogP contribution in [0.1, 0.15) is 95.6 Å². The molecule has 0 atom stereocenters. The Bertz CT molecular complexity index is 1770. The zero-order valence-electron chi connectivity index (χ0n) is 27.8. The van der Waals surface area contributed by atoms with Gasteiger partial charge in [-0.1, -0.05) is 0 Å². The number of hydrogen-bond donors (Lipinski definition) is 3. The number of fused-ring (bicyclic) bond motifs is 1. The third-order valence-corrected chi connectivity index (χ3v) is 8.09. The number of hydrogen-bond acceptors (Lipinski definition) is 8. The second-order valence-corrected chi connectivity index (χ2v) is 11.8. The molecule has 0 saturated heterocycles. The zero-order chi connectivity index (χ0) is 35.3. The van der Waals surface area contributed by atoms with E-state index in [9.17, 15) is 28.8 Å². The van der Waals surface area contributed by atoms with Gasteiger partial charge in [-0.3, -0.25) is 33.5 Å². The van der Waals surface area contributed by atoms with Gasteiger partial charge in [-0.05, 0) is 87.7 Å². The number of aromatic nitrogens is 1. The van der Waals surface area contributed by atoms with E-state index in [4.69, 9.17) is 10.5 Å². The van der Waals surface area contributed by atoms with Gasteiger partial charge in [-0.25, -0.2) is 0 Å². The third-order valence-electron chi connectivity index (χ3n) is 8.09. The molecule has 0 spiro atoms. The number of nitrogens with two attached hydrogens (primary N) is 1. The molecule has 11 heteroatoms. The number of allylic oxidation sites excluding steroid dienone is 3. The molecule has 4 N–H and O–H groups in total. The average molecular weight is 666 g/mol. The highest BCUT2D eigenvalue weighted by molar-refractivity contribution is 6.00. The molecule has 2 aliphatic carbocycles. The van der Waals surface area contributed by atoms with E-state index >= 15 is 0 Å². The Morgan fingerprint density at radius 3 is 1.86 bits per heavy atom. The van der Waals surface area contributed by atoms with Crippen LogP contribution in [0, 0.1) is 6.26 Å². The Hall–Kier alpha value is -5.51. The number of ether oxygens (including phenoxy) is 1. The lowest BCUT2D eigenvalue weighted by molar-refractivity contribution is -0.117. The smallest absolute Gasteiger partial charge is 0.278 e. The summed E-state index contributed by atoms with van der Waals surface area (Å²) in [5.41, 5.74) is 10.4. The maximum atomic E-state index is 12.1. The van der Waals surface area contributed by atoms with E-state index in [1.165, 1.54) is 13.8 Å². The molecule has 2 amide bonds. The van der Waals surface area contributed by atoms with Crippen LogP contribution in [-0.4, -0.2) is 46.1 Å². The fraction of sp³-hybridized carbons (Fsp3) is 0.316. The fourth-order valence-corrected chi connectivity index (χ4v) is 5.44. The van der Waals surface area contributed by atoms with Crippen LogP contribution in [0.5, 0.6) is 0 Å². The van der Waals surface area contributed by atoms with Crippen LogP contribution in [0.25, 0.3) is 0 Å². The number of carbonyl (C=O) groups is 6. The van der Waals surface area contributed by atoms with Crippen LogP contribution in [0.4, 0.5) is 11.4 Å². The third kappa shape index (κ3) is 10.5. The maximum Gasteiger partial charge on any atom is 0.278 e. The topological polar surface area (TPSA) is 167 Å². The van der Waals surface area contributed by atoms with Crippen molar-refractivity contribution in [1.29, 1.82) is 0 Å². The first-order valence-electron chi connectivity index (χ1n) is 16.3. The van der Waals surface area contributed by atoms with Crippen LogP contribution >= 0.6 is 0 Å². The summed E-state index contributed by atoms with van der Waals surface area (Å²) < 4.78 is 6.99. The summed E-state index contributed by atoms with van der Waals surface area (Å²) in [5.74, 6) is 1.02. The number of rotatable bonds is 9. The summed E-state index contributed by atoms with van der Waals surface area (Å²) in [4.78, 5) is 68.4. The summed E-state index contributed by atoms with van der Waals surface area (Å²) in [7, 11) is 0. The van der Waals surface area contributed by atoms with Gasteiger partial charge in [0.25, 0.3) is 5.76 Å². The highest BCUT2D eigenvalue weighted by Gasteiger charge is 2.33. The summed E-state index contributed by atoms with van der Waals surface area (Å²) in [6.07, 6.45) is 11.6. The highest BCUT2D eigenvalue weighted by Crippen LogP contribution is 2.27. The van der Waals surface area contributed by atoms with Crippen molar-refractivity contribution in [1.82, 2.24) is 4.57 Å². The predicted octanol–water partition coefficient (Wildman–Crippen LogP) is 5.76. The number of benzene rings is 2. The fourth-order valence-electron chi connectivity index (χ4n) is 5.44. The molecular formula is C38H41N4O7+. The lowest BCUT2D eigenvalue weighted by Gasteiger charge is -2.15. The van der Waals surface area contributed by atoms with Crippen molar-refractivity contribution in [2.24, 2.45) is 5.73 Å². The molecule has 1 aromatic heterocycles. The molecular weight excluding hydrogens is 624 g/mol. The number of amides is 2. The minimum Gasteiger partial charge on any atom is -0.350 e. The Labute approximate surface area is 285 Å². The van der Waals surface area contributed by atoms with Gasteiger partial charge in [0.15, 0.2) is 23.4 Å². The molecule has 0 bridgehead atoms. The highest BCUT2D eigenvalue weighted by atomic mass is 16.5. The van der Waals surface area contributed by atoms with Gasteiger partial charge in [-0.15, -0.1) is 0 Å². The van der Waals surface area contributed by atoms with E-state index in [-0.39, 0.29) is 34.9 Å². The second kappa shape index (κ2) is 17.6. The van der Waals surface area contributed by atoms with Crippen molar-refractivity contribution in [2.45, 2.75) is 71.8 Å². The molecule has 2 aromatic carbocycles. The molecule has 49 heavy (non-hydrogen) atoms. The van der Waals surface area contributed by atoms with E-state index in [0.29, 0.717) is 61.3 Å². The number of nitrogens with zero attached hydrogens (tertiary/aromatic N) is 1. The molecule has 1 aliphatic heterocycles. The average Bonchev–Trinajstić information content (AvgIpc) is 3.74. The van der Waals surface area contributed by atoms with Gasteiger partial charge in [0.05, 0.1) is 6.42 Å². The summed E-state index contributed by atoms with van der Waals surface area (Å²) in [6.45, 7) is 3.90. The molecule has 254 valence electrons. The molecule has 3 aliphatic rings. The van der Waals surface area contributed by atoms with E-state index in [1.54, 1.807) is 54.6 Å². The molecule has 0 fully saturated rings. The molecule has 3 aromatic rings. The lowest BCUT2D eigenvalue weighted by Crippen LogP contribution is -2.17. The number of nitrogens with one attached hydrogen (secondary N) is 2. The molecule has 0 radical (unpaired) electrons. The Balaban J connectivity index is 0.000000183. The van der Waals surface area contributed by atoms with Crippen LogP contribution in [-0.2, 0) is 32.1 Å². The van der Waals surface area contributed by atoms with Gasteiger partial charge in [0, 0.05) is 78.7 Å². The van der Waals surface area contributed by atoms with E-state index in [1.807, 2.05) is 16.8 Å². The van der Waals surface area contributed by atoms with Crippen molar-refractivity contribution in [3.8, 4) is 0 Å². The first-order valence-corrected chi connectivity index (χ1v) is 16.3.